The van der Waals surface area contributed by atoms with Crippen molar-refractivity contribution in [3.8, 4) is 0 Å². The summed E-state index contributed by atoms with van der Waals surface area (Å²) in [5.41, 5.74) is 8.45. The summed E-state index contributed by atoms with van der Waals surface area (Å²) in [7, 11) is -4.30. The number of nitrogens with two attached hydrogens (primary N) is 1. The molecule has 3 N–H and O–H groups in total. The van der Waals surface area contributed by atoms with Crippen molar-refractivity contribution in [2.24, 2.45) is 11.7 Å². The Morgan fingerprint density at radius 2 is 1.84 bits per heavy atom. The molecule has 6 rings (SSSR count). The predicted octanol–water partition coefficient (Wildman–Crippen LogP) is 4.89. The van der Waals surface area contributed by atoms with Gasteiger partial charge in [0.05, 0.1) is 22.5 Å². The second kappa shape index (κ2) is 12.8. The number of hydrogen-bond donors (Lipinski definition) is 2. The number of nitrogens with zero attached hydrogens (tertiary/aromatic N) is 2. The standard InChI is InChI=1S/C33H41F3N4O4S/c1-21(29-12-2-3-16-40(29)45(42,43)26-10-5-9-25(18-26)33(34,35)36)32(41)38-28-11-4-7-23-17-22(13-14-27(23)28)19-39-15-6-8-24(20-39)30-31(37)44-30/h5,9-10,13-14,17-18,24,28-31H,1-4,6-8,11-12,15-16,19-20,37H2,(H,38,41)/t24?,28-,29+,30?,31?/m1/s1. The van der Waals surface area contributed by atoms with E-state index in [1.54, 1.807) is 0 Å². The van der Waals surface area contributed by atoms with E-state index in [9.17, 15) is 26.4 Å². The van der Waals surface area contributed by atoms with Crippen LogP contribution in [0, 0.1) is 5.92 Å². The maximum absolute atomic E-state index is 13.6. The smallest absolute Gasteiger partial charge is 0.353 e. The maximum Gasteiger partial charge on any atom is 0.416 e. The molecule has 3 aliphatic heterocycles. The molecule has 3 fully saturated rings. The lowest BCUT2D eigenvalue weighted by Crippen LogP contribution is -2.47. The van der Waals surface area contributed by atoms with Crippen molar-refractivity contribution in [2.45, 2.75) is 93.4 Å². The molecule has 45 heavy (non-hydrogen) atoms. The van der Waals surface area contributed by atoms with Gasteiger partial charge in [0, 0.05) is 31.1 Å². The number of benzene rings is 2. The van der Waals surface area contributed by atoms with Crippen molar-refractivity contribution < 1.29 is 31.1 Å². The van der Waals surface area contributed by atoms with Crippen molar-refractivity contribution in [3.63, 3.8) is 0 Å². The molecule has 3 saturated heterocycles. The fourth-order valence-corrected chi connectivity index (χ4v) is 9.04. The van der Waals surface area contributed by atoms with E-state index in [0.717, 1.165) is 79.8 Å². The van der Waals surface area contributed by atoms with E-state index in [4.69, 9.17) is 10.5 Å². The quantitative estimate of drug-likeness (QED) is 0.312. The zero-order valence-corrected chi connectivity index (χ0v) is 26.1. The number of epoxide rings is 1. The van der Waals surface area contributed by atoms with E-state index >= 15 is 0 Å². The number of sulfonamides is 1. The number of piperidine rings is 2. The molecule has 1 aliphatic carbocycles. The molecule has 12 heteroatoms. The van der Waals surface area contributed by atoms with Gasteiger partial charge in [-0.1, -0.05) is 37.3 Å². The molecule has 2 aromatic carbocycles. The first-order chi connectivity index (χ1) is 21.4. The van der Waals surface area contributed by atoms with Crippen LogP contribution in [0.5, 0.6) is 0 Å². The molecule has 244 valence electrons. The number of hydrogen-bond acceptors (Lipinski definition) is 6. The first-order valence-electron chi connectivity index (χ1n) is 15.9. The summed E-state index contributed by atoms with van der Waals surface area (Å²) in [6.07, 6.45) is 1.79. The Balaban J connectivity index is 1.13. The van der Waals surface area contributed by atoms with Gasteiger partial charge in [-0.05, 0) is 86.4 Å². The highest BCUT2D eigenvalue weighted by molar-refractivity contribution is 7.89. The third kappa shape index (κ3) is 7.00. The Hall–Kier alpha value is -2.77. The average molecular weight is 647 g/mol. The summed E-state index contributed by atoms with van der Waals surface area (Å²) in [5, 5.41) is 3.10. The van der Waals surface area contributed by atoms with Gasteiger partial charge in [0.2, 0.25) is 15.9 Å². The fraction of sp³-hybridized carbons (Fsp3) is 0.545. The van der Waals surface area contributed by atoms with E-state index in [-0.39, 0.29) is 30.5 Å². The van der Waals surface area contributed by atoms with Crippen LogP contribution in [0.4, 0.5) is 13.2 Å². The first kappa shape index (κ1) is 32.2. The van der Waals surface area contributed by atoms with Crippen LogP contribution >= 0.6 is 0 Å². The van der Waals surface area contributed by atoms with Crippen molar-refractivity contribution in [2.75, 3.05) is 19.6 Å². The minimum atomic E-state index is -4.68. The van der Waals surface area contributed by atoms with Gasteiger partial charge in [-0.3, -0.25) is 9.69 Å². The van der Waals surface area contributed by atoms with Gasteiger partial charge < -0.3 is 15.8 Å². The summed E-state index contributed by atoms with van der Waals surface area (Å²) in [4.78, 5) is 15.6. The molecule has 4 aliphatic rings. The minimum Gasteiger partial charge on any atom is -0.353 e. The van der Waals surface area contributed by atoms with Gasteiger partial charge >= 0.3 is 6.18 Å². The third-order valence-corrected chi connectivity index (χ3v) is 11.6. The largest absolute Gasteiger partial charge is 0.416 e. The molecule has 0 radical (unpaired) electrons. The van der Waals surface area contributed by atoms with E-state index in [0.29, 0.717) is 31.2 Å². The van der Waals surface area contributed by atoms with Crippen LogP contribution in [0.3, 0.4) is 0 Å². The van der Waals surface area contributed by atoms with E-state index in [1.165, 1.54) is 11.1 Å². The molecular weight excluding hydrogens is 605 g/mol. The van der Waals surface area contributed by atoms with Crippen LogP contribution in [-0.2, 0) is 38.7 Å². The van der Waals surface area contributed by atoms with Gasteiger partial charge in [0.25, 0.3) is 0 Å². The number of aryl methyl sites for hydroxylation is 1. The first-order valence-corrected chi connectivity index (χ1v) is 17.3. The third-order valence-electron chi connectivity index (χ3n) is 9.72. The number of nitrogens with one attached hydrogen (secondary N) is 1. The highest BCUT2D eigenvalue weighted by Gasteiger charge is 2.43. The molecule has 3 unspecified atom stereocenters. The SMILES string of the molecule is C=C(C(=O)N[C@@H]1CCCc2cc(CN3CCCC(C4OC4N)C3)ccc21)[C@@H]1CCCCN1S(=O)(=O)c1cccc(C(F)(F)F)c1. The highest BCUT2D eigenvalue weighted by atomic mass is 32.2. The number of rotatable bonds is 8. The van der Waals surface area contributed by atoms with Crippen molar-refractivity contribution in [1.82, 2.24) is 14.5 Å². The lowest BCUT2D eigenvalue weighted by molar-refractivity contribution is -0.137. The molecule has 0 saturated carbocycles. The Kier molecular flexibility index (Phi) is 9.15. The number of amides is 1. The number of fused-ring (bicyclic) bond motifs is 1. The van der Waals surface area contributed by atoms with Crippen LogP contribution in [-0.4, -0.2) is 61.5 Å². The Labute approximate surface area is 262 Å². The second-order valence-electron chi connectivity index (χ2n) is 12.8. The number of carbonyl (C=O) groups excluding carboxylic acids is 1. The van der Waals surface area contributed by atoms with Gasteiger partial charge in [-0.15, -0.1) is 0 Å². The zero-order valence-electron chi connectivity index (χ0n) is 25.3. The lowest BCUT2D eigenvalue weighted by Gasteiger charge is -2.36. The van der Waals surface area contributed by atoms with Gasteiger partial charge in [-0.25, -0.2) is 8.42 Å². The van der Waals surface area contributed by atoms with Gasteiger partial charge in [0.1, 0.15) is 12.3 Å². The highest BCUT2D eigenvalue weighted by Crippen LogP contribution is 2.36. The topological polar surface area (TPSA) is 108 Å². The zero-order chi connectivity index (χ0) is 31.9. The molecule has 8 nitrogen and oxygen atoms in total. The summed E-state index contributed by atoms with van der Waals surface area (Å²) in [6.45, 7) is 6.95. The molecule has 0 aromatic heterocycles. The summed E-state index contributed by atoms with van der Waals surface area (Å²) in [5.74, 6) is 0.0344. The molecule has 1 amide bonds. The fourth-order valence-electron chi connectivity index (χ4n) is 7.30. The average Bonchev–Trinajstić information content (AvgIpc) is 3.77. The normalized spacial score (nSPS) is 27.9. The van der Waals surface area contributed by atoms with Gasteiger partial charge in [-0.2, -0.15) is 17.5 Å². The molecule has 2 aromatic rings. The summed E-state index contributed by atoms with van der Waals surface area (Å²) >= 11 is 0. The Morgan fingerprint density at radius 1 is 1.04 bits per heavy atom. The van der Waals surface area contributed by atoms with Crippen LogP contribution in [0.15, 0.2) is 59.5 Å². The number of likely N-dealkylation sites (tertiary alicyclic amines) is 1. The van der Waals surface area contributed by atoms with Crippen LogP contribution in [0.25, 0.3) is 0 Å². The van der Waals surface area contributed by atoms with Crippen LogP contribution < -0.4 is 11.1 Å². The van der Waals surface area contributed by atoms with Crippen LogP contribution in [0.1, 0.15) is 73.2 Å². The predicted molar refractivity (Wildman–Crippen MR) is 163 cm³/mol. The second-order valence-corrected chi connectivity index (χ2v) is 14.7. The number of alkyl halides is 3. The van der Waals surface area contributed by atoms with Gasteiger partial charge in [0.15, 0.2) is 0 Å². The van der Waals surface area contributed by atoms with Crippen molar-refractivity contribution in [1.29, 1.82) is 0 Å². The summed E-state index contributed by atoms with van der Waals surface area (Å²) < 4.78 is 73.8. The summed E-state index contributed by atoms with van der Waals surface area (Å²) in [6, 6.07) is 9.10. The Morgan fingerprint density at radius 3 is 2.60 bits per heavy atom. The number of halogens is 3. The monoisotopic (exact) mass is 646 g/mol. The minimum absolute atomic E-state index is 0.100. The number of carbonyl (C=O) groups is 1. The molecular formula is C33H41F3N4O4S. The number of ether oxygens (including phenoxy) is 1. The van der Waals surface area contributed by atoms with Crippen molar-refractivity contribution >= 4 is 15.9 Å². The molecule has 3 heterocycles. The van der Waals surface area contributed by atoms with E-state index < -0.39 is 38.6 Å². The lowest BCUT2D eigenvalue weighted by atomic mass is 9.86. The van der Waals surface area contributed by atoms with Crippen molar-refractivity contribution in [3.05, 3.63) is 76.9 Å². The molecule has 0 bridgehead atoms. The van der Waals surface area contributed by atoms with E-state index in [1.807, 2.05) is 0 Å². The van der Waals surface area contributed by atoms with Crippen LogP contribution in [0.2, 0.25) is 0 Å². The van der Waals surface area contributed by atoms with E-state index in [2.05, 4.69) is 35.0 Å². The molecule has 5 atom stereocenters. The molecule has 0 spiro atoms. The maximum atomic E-state index is 13.6. The Bertz CT molecular complexity index is 1550.